The van der Waals surface area contributed by atoms with Crippen LogP contribution in [-0.4, -0.2) is 19.1 Å². The van der Waals surface area contributed by atoms with Gasteiger partial charge in [-0.2, -0.15) is 0 Å². The van der Waals surface area contributed by atoms with Crippen molar-refractivity contribution in [3.63, 3.8) is 0 Å². The summed E-state index contributed by atoms with van der Waals surface area (Å²) >= 11 is 6.14. The second kappa shape index (κ2) is 8.02. The fraction of sp³-hybridized carbons (Fsp3) is 0.500. The number of halogens is 1. The van der Waals surface area contributed by atoms with Crippen molar-refractivity contribution in [1.82, 2.24) is 5.32 Å². The van der Waals surface area contributed by atoms with Gasteiger partial charge in [-0.25, -0.2) is 0 Å². The highest BCUT2D eigenvalue weighted by Gasteiger charge is 2.13. The number of ether oxygens (including phenoxy) is 1. The number of benzene rings is 1. The third kappa shape index (κ3) is 5.09. The van der Waals surface area contributed by atoms with Gasteiger partial charge in [0.15, 0.2) is 0 Å². The Hall–Kier alpha value is -1.26. The molecule has 1 aromatic carbocycles. The molecule has 0 saturated heterocycles. The Balaban J connectivity index is 2.71. The highest BCUT2D eigenvalue weighted by molar-refractivity contribution is 6.32. The van der Waals surface area contributed by atoms with Gasteiger partial charge < -0.3 is 15.8 Å². The van der Waals surface area contributed by atoms with E-state index in [0.29, 0.717) is 17.3 Å². The lowest BCUT2D eigenvalue weighted by atomic mass is 10.1. The predicted molar refractivity (Wildman–Crippen MR) is 77.3 cm³/mol. The smallest absolute Gasteiger partial charge is 0.223 e. The van der Waals surface area contributed by atoms with Crippen LogP contribution in [0.2, 0.25) is 5.02 Å². The monoisotopic (exact) mass is 284 g/mol. The van der Waals surface area contributed by atoms with Crippen molar-refractivity contribution in [2.75, 3.05) is 13.2 Å². The first-order valence-corrected chi connectivity index (χ1v) is 6.84. The molecule has 1 atom stereocenters. The summed E-state index contributed by atoms with van der Waals surface area (Å²) in [4.78, 5) is 11.0. The van der Waals surface area contributed by atoms with Crippen molar-refractivity contribution in [3.05, 3.63) is 28.8 Å². The number of hydrogen-bond acceptors (Lipinski definition) is 3. The summed E-state index contributed by atoms with van der Waals surface area (Å²) in [5.74, 6) is -0.0914. The average Bonchev–Trinajstić information content (AvgIpc) is 2.37. The van der Waals surface area contributed by atoms with Crippen molar-refractivity contribution < 1.29 is 9.53 Å². The topological polar surface area (TPSA) is 64.3 Å². The number of carbonyl (C=O) groups excluding carboxylic acids is 1. The van der Waals surface area contributed by atoms with Crippen molar-refractivity contribution in [2.24, 2.45) is 11.7 Å². The lowest BCUT2D eigenvalue weighted by Crippen LogP contribution is -2.26. The van der Waals surface area contributed by atoms with Gasteiger partial charge in [-0.15, -0.1) is 0 Å². The molecule has 1 unspecified atom stereocenters. The van der Waals surface area contributed by atoms with Gasteiger partial charge in [-0.1, -0.05) is 37.6 Å². The zero-order chi connectivity index (χ0) is 14.3. The van der Waals surface area contributed by atoms with Crippen molar-refractivity contribution in [1.29, 1.82) is 0 Å². The fourth-order valence-electron chi connectivity index (χ4n) is 1.54. The summed E-state index contributed by atoms with van der Waals surface area (Å²) < 4.78 is 5.65. The van der Waals surface area contributed by atoms with Crippen LogP contribution in [0.3, 0.4) is 0 Å². The Bertz CT molecular complexity index is 424. The SMILES string of the molecule is CCCNCc1cccc(Cl)c1OCC(C)C(N)=O. The second-order valence-electron chi connectivity index (χ2n) is 4.52. The Morgan fingerprint density at radius 1 is 1.53 bits per heavy atom. The van der Waals surface area contributed by atoms with E-state index in [4.69, 9.17) is 22.1 Å². The first-order valence-electron chi connectivity index (χ1n) is 6.46. The first-order chi connectivity index (χ1) is 9.06. The van der Waals surface area contributed by atoms with Crippen LogP contribution in [0, 0.1) is 5.92 Å². The summed E-state index contributed by atoms with van der Waals surface area (Å²) in [5, 5.41) is 3.85. The molecule has 0 heterocycles. The van der Waals surface area contributed by atoms with E-state index in [0.717, 1.165) is 18.5 Å². The second-order valence-corrected chi connectivity index (χ2v) is 4.93. The molecule has 19 heavy (non-hydrogen) atoms. The van der Waals surface area contributed by atoms with Crippen LogP contribution < -0.4 is 15.8 Å². The summed E-state index contributed by atoms with van der Waals surface area (Å²) in [6.07, 6.45) is 1.06. The molecule has 0 bridgehead atoms. The van der Waals surface area contributed by atoms with Crippen LogP contribution in [0.5, 0.6) is 5.75 Å². The van der Waals surface area contributed by atoms with Crippen molar-refractivity contribution >= 4 is 17.5 Å². The summed E-state index contributed by atoms with van der Waals surface area (Å²) in [5.41, 5.74) is 6.19. The Kier molecular flexibility index (Phi) is 6.67. The molecule has 0 aliphatic carbocycles. The maximum Gasteiger partial charge on any atom is 0.223 e. The van der Waals surface area contributed by atoms with E-state index in [-0.39, 0.29) is 18.4 Å². The number of amides is 1. The first kappa shape index (κ1) is 15.8. The van der Waals surface area contributed by atoms with Crippen LogP contribution in [0.4, 0.5) is 0 Å². The van der Waals surface area contributed by atoms with Gasteiger partial charge in [0, 0.05) is 12.1 Å². The molecule has 1 aromatic rings. The maximum absolute atomic E-state index is 11.0. The number of carbonyl (C=O) groups is 1. The molecule has 0 radical (unpaired) electrons. The minimum atomic E-state index is -0.377. The standard InChI is InChI=1S/C14H21ClN2O2/c1-3-7-17-8-11-5-4-6-12(15)13(11)19-9-10(2)14(16)18/h4-6,10,17H,3,7-9H2,1-2H3,(H2,16,18). The van der Waals surface area contributed by atoms with E-state index in [9.17, 15) is 4.79 Å². The van der Waals surface area contributed by atoms with Crippen LogP contribution in [0.25, 0.3) is 0 Å². The number of nitrogens with two attached hydrogens (primary N) is 1. The fourth-order valence-corrected chi connectivity index (χ4v) is 1.79. The molecule has 4 nitrogen and oxygen atoms in total. The van der Waals surface area contributed by atoms with Gasteiger partial charge in [0.25, 0.3) is 0 Å². The van der Waals surface area contributed by atoms with Crippen LogP contribution in [0.15, 0.2) is 18.2 Å². The number of hydrogen-bond donors (Lipinski definition) is 2. The van der Waals surface area contributed by atoms with Gasteiger partial charge in [0.05, 0.1) is 17.5 Å². The molecular formula is C14H21ClN2O2. The lowest BCUT2D eigenvalue weighted by molar-refractivity contribution is -0.122. The third-order valence-electron chi connectivity index (χ3n) is 2.75. The molecule has 5 heteroatoms. The van der Waals surface area contributed by atoms with E-state index in [1.54, 1.807) is 13.0 Å². The van der Waals surface area contributed by atoms with Crippen LogP contribution >= 0.6 is 11.6 Å². The van der Waals surface area contributed by atoms with E-state index in [2.05, 4.69) is 12.2 Å². The van der Waals surface area contributed by atoms with Gasteiger partial charge in [-0.05, 0) is 19.0 Å². The van der Waals surface area contributed by atoms with Crippen LogP contribution in [-0.2, 0) is 11.3 Å². The van der Waals surface area contributed by atoms with Crippen LogP contribution in [0.1, 0.15) is 25.8 Å². The molecule has 106 valence electrons. The van der Waals surface area contributed by atoms with Crippen molar-refractivity contribution in [2.45, 2.75) is 26.8 Å². The number of nitrogens with one attached hydrogen (secondary N) is 1. The zero-order valence-corrected chi connectivity index (χ0v) is 12.2. The largest absolute Gasteiger partial charge is 0.491 e. The summed E-state index contributed by atoms with van der Waals surface area (Å²) in [7, 11) is 0. The molecule has 0 saturated carbocycles. The number of rotatable bonds is 8. The average molecular weight is 285 g/mol. The molecule has 0 fully saturated rings. The molecule has 1 amide bonds. The minimum Gasteiger partial charge on any atom is -0.491 e. The third-order valence-corrected chi connectivity index (χ3v) is 3.05. The normalized spacial score (nSPS) is 12.2. The predicted octanol–water partition coefficient (Wildman–Crippen LogP) is 2.34. The van der Waals surface area contributed by atoms with Crippen molar-refractivity contribution in [3.8, 4) is 5.75 Å². The molecule has 0 aromatic heterocycles. The summed E-state index contributed by atoms with van der Waals surface area (Å²) in [6, 6.07) is 5.61. The molecular weight excluding hydrogens is 264 g/mol. The minimum absolute atomic E-state index is 0.236. The quantitative estimate of drug-likeness (QED) is 0.720. The highest BCUT2D eigenvalue weighted by atomic mass is 35.5. The molecule has 1 rings (SSSR count). The highest BCUT2D eigenvalue weighted by Crippen LogP contribution is 2.29. The van der Waals surface area contributed by atoms with Gasteiger partial charge in [0.2, 0.25) is 5.91 Å². The summed E-state index contributed by atoms with van der Waals surface area (Å²) in [6.45, 7) is 5.70. The van der Waals surface area contributed by atoms with Gasteiger partial charge >= 0.3 is 0 Å². The van der Waals surface area contributed by atoms with E-state index >= 15 is 0 Å². The maximum atomic E-state index is 11.0. The molecule has 0 aliphatic heterocycles. The number of primary amides is 1. The molecule has 0 aliphatic rings. The lowest BCUT2D eigenvalue weighted by Gasteiger charge is -2.15. The van der Waals surface area contributed by atoms with E-state index < -0.39 is 0 Å². The van der Waals surface area contributed by atoms with E-state index in [1.807, 2.05) is 12.1 Å². The molecule has 0 spiro atoms. The Labute approximate surface area is 119 Å². The Morgan fingerprint density at radius 3 is 2.89 bits per heavy atom. The molecule has 3 N–H and O–H groups in total. The van der Waals surface area contributed by atoms with Gasteiger partial charge in [-0.3, -0.25) is 4.79 Å². The Morgan fingerprint density at radius 2 is 2.26 bits per heavy atom. The van der Waals surface area contributed by atoms with E-state index in [1.165, 1.54) is 0 Å². The number of para-hydroxylation sites is 1. The van der Waals surface area contributed by atoms with Gasteiger partial charge in [0.1, 0.15) is 5.75 Å². The zero-order valence-electron chi connectivity index (χ0n) is 11.4.